The van der Waals surface area contributed by atoms with Gasteiger partial charge in [0.1, 0.15) is 11.6 Å². The Labute approximate surface area is 163 Å². The molecule has 0 radical (unpaired) electrons. The van der Waals surface area contributed by atoms with E-state index in [1.54, 1.807) is 0 Å². The van der Waals surface area contributed by atoms with Crippen LogP contribution in [-0.4, -0.2) is 23.3 Å². The van der Waals surface area contributed by atoms with Crippen LogP contribution in [0.5, 0.6) is 0 Å². The van der Waals surface area contributed by atoms with Gasteiger partial charge in [-0.25, -0.2) is 8.78 Å². The normalized spacial score (nSPS) is 33.2. The van der Waals surface area contributed by atoms with Crippen LogP contribution in [-0.2, 0) is 10.3 Å². The Morgan fingerprint density at radius 2 is 1.74 bits per heavy atom. The molecule has 1 aliphatic heterocycles. The lowest BCUT2D eigenvalue weighted by Crippen LogP contribution is -2.51. The zero-order chi connectivity index (χ0) is 19.8. The van der Waals surface area contributed by atoms with Crippen molar-refractivity contribution in [3.63, 3.8) is 0 Å². The van der Waals surface area contributed by atoms with Crippen molar-refractivity contribution in [1.82, 2.24) is 5.06 Å². The molecule has 1 aromatic rings. The molecule has 2 fully saturated rings. The van der Waals surface area contributed by atoms with Gasteiger partial charge in [-0.1, -0.05) is 41.0 Å². The van der Waals surface area contributed by atoms with Crippen molar-refractivity contribution in [2.45, 2.75) is 90.2 Å². The highest BCUT2D eigenvalue weighted by atomic mass is 19.1. The fraction of sp³-hybridized carbons (Fsp3) is 0.739. The van der Waals surface area contributed by atoms with Crippen molar-refractivity contribution in [1.29, 1.82) is 0 Å². The molecule has 4 heteroatoms. The third-order valence-corrected chi connectivity index (χ3v) is 7.68. The van der Waals surface area contributed by atoms with Crippen molar-refractivity contribution >= 4 is 0 Å². The topological polar surface area (TPSA) is 12.5 Å². The van der Waals surface area contributed by atoms with E-state index in [9.17, 15) is 8.78 Å². The average molecular weight is 380 g/mol. The first kappa shape index (κ1) is 20.7. The zero-order valence-electron chi connectivity index (χ0n) is 17.5. The first-order valence-electron chi connectivity index (χ1n) is 10.8. The predicted octanol–water partition coefficient (Wildman–Crippen LogP) is 6.24. The van der Waals surface area contributed by atoms with Crippen LogP contribution in [0, 0.1) is 23.5 Å². The smallest absolute Gasteiger partial charge is 0.127 e. The van der Waals surface area contributed by atoms with E-state index in [0.717, 1.165) is 45.1 Å². The molecular weight excluding hydrogens is 344 g/mol. The Morgan fingerprint density at radius 1 is 1.04 bits per heavy atom. The molecule has 3 rings (SSSR count). The molecule has 0 amide bonds. The second kappa shape index (κ2) is 7.79. The van der Waals surface area contributed by atoms with E-state index < -0.39 is 0 Å². The predicted molar refractivity (Wildman–Crippen MR) is 105 cm³/mol. The van der Waals surface area contributed by atoms with Crippen LogP contribution in [0.4, 0.5) is 8.78 Å². The Balaban J connectivity index is 2.11. The van der Waals surface area contributed by atoms with Gasteiger partial charge in [0.25, 0.3) is 0 Å². The summed E-state index contributed by atoms with van der Waals surface area (Å²) in [6.07, 6.45) is 5.51. The number of hydroxylamine groups is 2. The van der Waals surface area contributed by atoms with Crippen LogP contribution in [0.25, 0.3) is 0 Å². The van der Waals surface area contributed by atoms with Crippen LogP contribution in [0.15, 0.2) is 18.2 Å². The Bertz CT molecular complexity index is 660. The maximum atomic E-state index is 14.9. The van der Waals surface area contributed by atoms with Crippen LogP contribution < -0.4 is 0 Å². The van der Waals surface area contributed by atoms with Crippen molar-refractivity contribution in [3.05, 3.63) is 35.4 Å². The van der Waals surface area contributed by atoms with Crippen LogP contribution >= 0.6 is 0 Å². The van der Waals surface area contributed by atoms with E-state index in [0.29, 0.717) is 23.4 Å². The minimum absolute atomic E-state index is 0.196. The van der Waals surface area contributed by atoms with E-state index >= 15 is 0 Å². The molecule has 2 aliphatic rings. The molecule has 27 heavy (non-hydrogen) atoms. The standard InChI is InChI=1S/C23H35F2NO/c1-6-16-14-22(7-2,18-13-17(24)11-12-20(18)25)15-19-21(16)26(10-5)27-23(19,8-3)9-4/h11-13,16,19,21H,6-10,14-15H2,1-5H3/t16-,19+,21+,22+/m0/s1. The maximum Gasteiger partial charge on any atom is 0.127 e. The summed E-state index contributed by atoms with van der Waals surface area (Å²) in [4.78, 5) is 6.57. The quantitative estimate of drug-likeness (QED) is 0.580. The average Bonchev–Trinajstić information content (AvgIpc) is 3.03. The molecule has 1 aliphatic carbocycles. The van der Waals surface area contributed by atoms with E-state index in [-0.39, 0.29) is 22.7 Å². The SMILES string of the molecule is CC[C@H]1C[C@@](CC)(c2cc(F)ccc2F)C[C@@H]2[C@@H]1N(CC)OC2(CC)CC. The van der Waals surface area contributed by atoms with E-state index in [1.165, 1.54) is 18.2 Å². The summed E-state index contributed by atoms with van der Waals surface area (Å²) in [6.45, 7) is 11.8. The van der Waals surface area contributed by atoms with E-state index in [4.69, 9.17) is 4.84 Å². The Hall–Kier alpha value is -1.00. The van der Waals surface area contributed by atoms with Gasteiger partial charge in [-0.05, 0) is 67.2 Å². The van der Waals surface area contributed by atoms with Gasteiger partial charge in [0.15, 0.2) is 0 Å². The molecule has 0 bridgehead atoms. The molecule has 4 atom stereocenters. The Kier molecular flexibility index (Phi) is 5.98. The second-order valence-electron chi connectivity index (χ2n) is 8.53. The monoisotopic (exact) mass is 379 g/mol. The summed E-state index contributed by atoms with van der Waals surface area (Å²) in [7, 11) is 0. The second-order valence-corrected chi connectivity index (χ2v) is 8.53. The van der Waals surface area contributed by atoms with E-state index in [2.05, 4.69) is 39.7 Å². The van der Waals surface area contributed by atoms with Crippen molar-refractivity contribution < 1.29 is 13.6 Å². The molecule has 1 saturated heterocycles. The fourth-order valence-electron chi connectivity index (χ4n) is 6.04. The van der Waals surface area contributed by atoms with E-state index in [1.807, 2.05) is 0 Å². The van der Waals surface area contributed by atoms with Gasteiger partial charge in [0.2, 0.25) is 0 Å². The minimum Gasteiger partial charge on any atom is -0.292 e. The van der Waals surface area contributed by atoms with Gasteiger partial charge in [-0.15, -0.1) is 0 Å². The van der Waals surface area contributed by atoms with Crippen LogP contribution in [0.1, 0.15) is 78.7 Å². The number of hydrogen-bond acceptors (Lipinski definition) is 2. The number of benzene rings is 1. The lowest BCUT2D eigenvalue weighted by Gasteiger charge is -2.49. The molecule has 1 saturated carbocycles. The molecule has 1 aromatic carbocycles. The molecule has 0 N–H and O–H groups in total. The Morgan fingerprint density at radius 3 is 2.30 bits per heavy atom. The number of nitrogens with zero attached hydrogens (tertiary/aromatic N) is 1. The minimum atomic E-state index is -0.343. The summed E-state index contributed by atoms with van der Waals surface area (Å²) in [6, 6.07) is 4.34. The molecule has 0 unspecified atom stereocenters. The lowest BCUT2D eigenvalue weighted by molar-refractivity contribution is -0.210. The summed E-state index contributed by atoms with van der Waals surface area (Å²) >= 11 is 0. The summed E-state index contributed by atoms with van der Waals surface area (Å²) < 4.78 is 28.9. The third kappa shape index (κ3) is 3.23. The number of rotatable bonds is 6. The first-order valence-corrected chi connectivity index (χ1v) is 10.8. The molecule has 152 valence electrons. The molecule has 1 heterocycles. The zero-order valence-corrected chi connectivity index (χ0v) is 17.5. The largest absolute Gasteiger partial charge is 0.292 e. The van der Waals surface area contributed by atoms with Crippen LogP contribution in [0.2, 0.25) is 0 Å². The van der Waals surface area contributed by atoms with Gasteiger partial charge in [0.05, 0.1) is 5.60 Å². The highest BCUT2D eigenvalue weighted by Crippen LogP contribution is 2.57. The van der Waals surface area contributed by atoms with Crippen LogP contribution in [0.3, 0.4) is 0 Å². The molecule has 2 nitrogen and oxygen atoms in total. The summed E-state index contributed by atoms with van der Waals surface area (Å²) in [5.41, 5.74) is 0.0492. The van der Waals surface area contributed by atoms with Gasteiger partial charge >= 0.3 is 0 Å². The van der Waals surface area contributed by atoms with Crippen molar-refractivity contribution in [2.24, 2.45) is 11.8 Å². The highest BCUT2D eigenvalue weighted by molar-refractivity contribution is 5.30. The lowest BCUT2D eigenvalue weighted by atomic mass is 9.55. The number of halogens is 2. The highest BCUT2D eigenvalue weighted by Gasteiger charge is 2.59. The van der Waals surface area contributed by atoms with Gasteiger partial charge in [-0.2, -0.15) is 5.06 Å². The maximum absolute atomic E-state index is 14.9. The fourth-order valence-corrected chi connectivity index (χ4v) is 6.04. The molecule has 0 aromatic heterocycles. The number of fused-ring (bicyclic) bond motifs is 1. The van der Waals surface area contributed by atoms with Crippen molar-refractivity contribution in [2.75, 3.05) is 6.54 Å². The van der Waals surface area contributed by atoms with Gasteiger partial charge < -0.3 is 0 Å². The molecular formula is C23H35F2NO. The van der Waals surface area contributed by atoms with Gasteiger partial charge in [0, 0.05) is 18.5 Å². The first-order chi connectivity index (χ1) is 12.9. The van der Waals surface area contributed by atoms with Crippen molar-refractivity contribution in [3.8, 4) is 0 Å². The third-order valence-electron chi connectivity index (χ3n) is 7.68. The summed E-state index contributed by atoms with van der Waals surface area (Å²) in [5, 5.41) is 2.20. The molecule has 0 spiro atoms. The van der Waals surface area contributed by atoms with Gasteiger partial charge in [-0.3, -0.25) is 4.84 Å². The number of hydrogen-bond donors (Lipinski definition) is 0. The summed E-state index contributed by atoms with van der Waals surface area (Å²) in [5.74, 6) is 0.154.